The third-order valence-corrected chi connectivity index (χ3v) is 1.91. The van der Waals surface area contributed by atoms with E-state index in [2.05, 4.69) is 0 Å². The smallest absolute Gasteiger partial charge is 0.264 e. The third kappa shape index (κ3) is 1.51. The van der Waals surface area contributed by atoms with Gasteiger partial charge in [-0.2, -0.15) is 0 Å². The van der Waals surface area contributed by atoms with Crippen LogP contribution >= 0.6 is 0 Å². The Bertz CT molecular complexity index is 398. The minimum Gasteiger partial charge on any atom is -0.285 e. The van der Waals surface area contributed by atoms with Gasteiger partial charge in [-0.1, -0.05) is 18.2 Å². The molecule has 2 rings (SSSR count). The second kappa shape index (κ2) is 3.27. The normalized spacial score (nSPS) is 9.85. The number of hydrogen-bond donors (Lipinski definition) is 1. The van der Waals surface area contributed by atoms with E-state index in [1.54, 1.807) is 12.3 Å². The minimum atomic E-state index is 0.795. The van der Waals surface area contributed by atoms with Crippen LogP contribution in [-0.4, -0.2) is 5.21 Å². The number of aromatic nitrogens is 1. The molecule has 0 radical (unpaired) electrons. The first-order chi connectivity index (χ1) is 6.38. The molecule has 0 aliphatic carbocycles. The Balaban J connectivity index is 2.54. The summed E-state index contributed by atoms with van der Waals surface area (Å²) in [6.07, 6.45) is 1.61. The molecular formula is C11H10NO+. The lowest BCUT2D eigenvalue weighted by molar-refractivity contribution is -0.896. The van der Waals surface area contributed by atoms with Crippen molar-refractivity contribution in [3.05, 3.63) is 54.7 Å². The summed E-state index contributed by atoms with van der Waals surface area (Å²) in [4.78, 5) is 0. The molecule has 0 atom stereocenters. The van der Waals surface area contributed by atoms with E-state index in [9.17, 15) is 5.21 Å². The van der Waals surface area contributed by atoms with Crippen LogP contribution in [0.5, 0.6) is 0 Å². The first-order valence-electron chi connectivity index (χ1n) is 4.13. The molecule has 0 bridgehead atoms. The van der Waals surface area contributed by atoms with Gasteiger partial charge in [-0.25, -0.2) is 0 Å². The van der Waals surface area contributed by atoms with Crippen LogP contribution in [0.3, 0.4) is 0 Å². The Morgan fingerprint density at radius 2 is 1.54 bits per heavy atom. The largest absolute Gasteiger partial charge is 0.285 e. The summed E-state index contributed by atoms with van der Waals surface area (Å²) in [6.45, 7) is 0. The highest BCUT2D eigenvalue weighted by Gasteiger charge is 2.09. The van der Waals surface area contributed by atoms with E-state index in [0.29, 0.717) is 0 Å². The molecule has 0 aliphatic rings. The lowest BCUT2D eigenvalue weighted by Gasteiger charge is -1.94. The summed E-state index contributed by atoms with van der Waals surface area (Å²) in [6, 6.07) is 15.3. The predicted molar refractivity (Wildman–Crippen MR) is 49.3 cm³/mol. The summed E-state index contributed by atoms with van der Waals surface area (Å²) in [5.74, 6) is 0. The van der Waals surface area contributed by atoms with Gasteiger partial charge >= 0.3 is 0 Å². The van der Waals surface area contributed by atoms with Crippen molar-refractivity contribution >= 4 is 0 Å². The maximum atomic E-state index is 9.48. The molecule has 1 heterocycles. The first-order valence-corrected chi connectivity index (χ1v) is 4.13. The third-order valence-electron chi connectivity index (χ3n) is 1.91. The van der Waals surface area contributed by atoms with Gasteiger partial charge in [-0.15, -0.1) is 0 Å². The number of rotatable bonds is 1. The molecule has 0 saturated heterocycles. The zero-order valence-electron chi connectivity index (χ0n) is 7.09. The molecule has 1 aromatic carbocycles. The van der Waals surface area contributed by atoms with Crippen LogP contribution < -0.4 is 4.73 Å². The van der Waals surface area contributed by atoms with Gasteiger partial charge in [-0.05, 0) is 18.2 Å². The Labute approximate surface area is 76.7 Å². The molecular weight excluding hydrogens is 162 g/mol. The van der Waals surface area contributed by atoms with Gasteiger partial charge in [-0.3, -0.25) is 5.21 Å². The molecule has 64 valence electrons. The molecule has 0 saturated carbocycles. The highest BCUT2D eigenvalue weighted by atomic mass is 16.5. The van der Waals surface area contributed by atoms with Crippen molar-refractivity contribution in [1.29, 1.82) is 0 Å². The Morgan fingerprint density at radius 3 is 2.23 bits per heavy atom. The average Bonchev–Trinajstić information content (AvgIpc) is 2.20. The summed E-state index contributed by atoms with van der Waals surface area (Å²) < 4.78 is 1.12. The lowest BCUT2D eigenvalue weighted by atomic mass is 10.1. The van der Waals surface area contributed by atoms with Gasteiger partial charge in [0.25, 0.3) is 5.69 Å². The highest BCUT2D eigenvalue weighted by Crippen LogP contribution is 2.12. The Morgan fingerprint density at radius 1 is 0.846 bits per heavy atom. The van der Waals surface area contributed by atoms with Crippen LogP contribution in [0.25, 0.3) is 11.3 Å². The molecule has 2 heteroatoms. The van der Waals surface area contributed by atoms with Gasteiger partial charge in [0.2, 0.25) is 6.20 Å². The Hall–Kier alpha value is -1.83. The summed E-state index contributed by atoms with van der Waals surface area (Å²) >= 11 is 0. The van der Waals surface area contributed by atoms with Crippen molar-refractivity contribution in [2.24, 2.45) is 0 Å². The van der Waals surface area contributed by atoms with E-state index in [1.165, 1.54) is 0 Å². The number of pyridine rings is 1. The molecule has 0 amide bonds. The van der Waals surface area contributed by atoms with E-state index >= 15 is 0 Å². The highest BCUT2D eigenvalue weighted by molar-refractivity contribution is 5.55. The summed E-state index contributed by atoms with van der Waals surface area (Å²) in [7, 11) is 0. The Kier molecular flexibility index (Phi) is 1.96. The second-order valence-corrected chi connectivity index (χ2v) is 2.80. The van der Waals surface area contributed by atoms with Gasteiger partial charge in [0, 0.05) is 16.9 Å². The van der Waals surface area contributed by atoms with Crippen LogP contribution in [0.15, 0.2) is 54.7 Å². The summed E-state index contributed by atoms with van der Waals surface area (Å²) in [5.41, 5.74) is 1.80. The fraction of sp³-hybridized carbons (Fsp3) is 0. The molecule has 0 aliphatic heterocycles. The number of benzene rings is 1. The van der Waals surface area contributed by atoms with E-state index in [1.807, 2.05) is 42.5 Å². The maximum absolute atomic E-state index is 9.48. The standard InChI is InChI=1S/C11H10NO/c13-12-9-5-4-8-11(12)10-6-2-1-3-7-10/h1-9,13H/q+1. The van der Waals surface area contributed by atoms with Crippen molar-refractivity contribution in [2.75, 3.05) is 0 Å². The fourth-order valence-corrected chi connectivity index (χ4v) is 1.27. The van der Waals surface area contributed by atoms with Crippen molar-refractivity contribution in [3.8, 4) is 11.3 Å². The van der Waals surface area contributed by atoms with E-state index in [4.69, 9.17) is 0 Å². The summed E-state index contributed by atoms with van der Waals surface area (Å²) in [5, 5.41) is 9.48. The molecule has 0 fully saturated rings. The molecule has 13 heavy (non-hydrogen) atoms. The van der Waals surface area contributed by atoms with Crippen molar-refractivity contribution in [1.82, 2.24) is 0 Å². The van der Waals surface area contributed by atoms with E-state index in [-0.39, 0.29) is 0 Å². The van der Waals surface area contributed by atoms with Crippen LogP contribution in [0.4, 0.5) is 0 Å². The molecule has 0 unspecified atom stereocenters. The van der Waals surface area contributed by atoms with Gasteiger partial charge in [0.1, 0.15) is 0 Å². The first kappa shape index (κ1) is 7.80. The van der Waals surface area contributed by atoms with Gasteiger partial charge in [0.05, 0.1) is 5.56 Å². The zero-order chi connectivity index (χ0) is 9.10. The van der Waals surface area contributed by atoms with E-state index < -0.39 is 0 Å². The molecule has 1 N–H and O–H groups in total. The SMILES string of the molecule is O[n+]1ccccc1-c1ccccc1. The fourth-order valence-electron chi connectivity index (χ4n) is 1.27. The van der Waals surface area contributed by atoms with Crippen molar-refractivity contribution < 1.29 is 9.94 Å². The monoisotopic (exact) mass is 172 g/mol. The second-order valence-electron chi connectivity index (χ2n) is 2.80. The van der Waals surface area contributed by atoms with Crippen molar-refractivity contribution in [2.45, 2.75) is 0 Å². The number of hydrogen-bond acceptors (Lipinski definition) is 1. The van der Waals surface area contributed by atoms with Gasteiger partial charge < -0.3 is 0 Å². The molecule has 2 aromatic rings. The quantitative estimate of drug-likeness (QED) is 0.515. The number of nitrogens with zero attached hydrogens (tertiary/aromatic N) is 1. The van der Waals surface area contributed by atoms with Crippen LogP contribution in [0.2, 0.25) is 0 Å². The molecule has 0 spiro atoms. The van der Waals surface area contributed by atoms with Gasteiger partial charge in [0.15, 0.2) is 0 Å². The van der Waals surface area contributed by atoms with Crippen LogP contribution in [-0.2, 0) is 0 Å². The topological polar surface area (TPSA) is 24.1 Å². The molecule has 1 aromatic heterocycles. The minimum absolute atomic E-state index is 0.795. The molecule has 2 nitrogen and oxygen atoms in total. The van der Waals surface area contributed by atoms with E-state index in [0.717, 1.165) is 16.0 Å². The maximum Gasteiger partial charge on any atom is 0.264 e. The lowest BCUT2D eigenvalue weighted by Crippen LogP contribution is -2.31. The zero-order valence-corrected chi connectivity index (χ0v) is 7.09. The van der Waals surface area contributed by atoms with Crippen LogP contribution in [0.1, 0.15) is 0 Å². The van der Waals surface area contributed by atoms with Crippen molar-refractivity contribution in [3.63, 3.8) is 0 Å². The predicted octanol–water partition coefficient (Wildman–Crippen LogP) is 1.88. The van der Waals surface area contributed by atoms with Crippen LogP contribution in [0, 0.1) is 0 Å². The average molecular weight is 172 g/mol.